The number of rotatable bonds is 6. The van der Waals surface area contributed by atoms with Gasteiger partial charge in [0, 0.05) is 5.92 Å². The third-order valence-corrected chi connectivity index (χ3v) is 3.12. The normalized spacial score (nSPS) is 17.4. The fraction of sp³-hybridized carbons (Fsp3) is 0.929. The maximum Gasteiger partial charge on any atom is 0.308 e. The van der Waals surface area contributed by atoms with Crippen LogP contribution < -0.4 is 0 Å². The first-order chi connectivity index (χ1) is 7.68. The summed E-state index contributed by atoms with van der Waals surface area (Å²) in [4.78, 5) is 11.7. The van der Waals surface area contributed by atoms with Gasteiger partial charge in [-0.05, 0) is 11.8 Å². The maximum atomic E-state index is 11.7. The molecule has 0 rings (SSSR count). The lowest BCUT2D eigenvalue weighted by molar-refractivity contribution is -0.161. The second-order valence-electron chi connectivity index (χ2n) is 5.89. The first kappa shape index (κ1) is 16.4. The van der Waals surface area contributed by atoms with Crippen LogP contribution in [-0.4, -0.2) is 23.3 Å². The van der Waals surface area contributed by atoms with E-state index in [1.54, 1.807) is 0 Å². The number of esters is 1. The Balaban J connectivity index is 4.68. The van der Waals surface area contributed by atoms with Gasteiger partial charge in [-0.25, -0.2) is 0 Å². The van der Waals surface area contributed by atoms with E-state index >= 15 is 0 Å². The topological polar surface area (TPSA) is 46.5 Å². The lowest BCUT2D eigenvalue weighted by Crippen LogP contribution is -2.39. The Bertz CT molecular complexity index is 234. The summed E-state index contributed by atoms with van der Waals surface area (Å²) in [5.74, 6) is 0.0222. The fourth-order valence-corrected chi connectivity index (χ4v) is 1.92. The highest BCUT2D eigenvalue weighted by Gasteiger charge is 2.31. The van der Waals surface area contributed by atoms with Crippen molar-refractivity contribution < 1.29 is 14.6 Å². The highest BCUT2D eigenvalue weighted by Crippen LogP contribution is 2.24. The van der Waals surface area contributed by atoms with Gasteiger partial charge in [0.2, 0.25) is 0 Å². The van der Waals surface area contributed by atoms with Gasteiger partial charge in [0.15, 0.2) is 0 Å². The first-order valence-corrected chi connectivity index (χ1v) is 6.57. The Kier molecular flexibility index (Phi) is 6.76. The van der Waals surface area contributed by atoms with Gasteiger partial charge in [0.25, 0.3) is 0 Å². The van der Waals surface area contributed by atoms with Crippen molar-refractivity contribution in [2.45, 2.75) is 60.7 Å². The Labute approximate surface area is 106 Å². The summed E-state index contributed by atoms with van der Waals surface area (Å²) in [6.45, 7) is 13.6. The minimum absolute atomic E-state index is 0.0438. The highest BCUT2D eigenvalue weighted by molar-refractivity contribution is 5.71. The Morgan fingerprint density at radius 1 is 0.941 bits per heavy atom. The number of carbonyl (C=O) groups excluding carboxylic acids is 1. The summed E-state index contributed by atoms with van der Waals surface area (Å²) in [5.41, 5.74) is 0. The van der Waals surface area contributed by atoms with Crippen molar-refractivity contribution >= 4 is 5.97 Å². The maximum absolute atomic E-state index is 11.7. The smallest absolute Gasteiger partial charge is 0.308 e. The summed E-state index contributed by atoms with van der Waals surface area (Å²) in [6, 6.07) is 0. The molecule has 102 valence electrons. The minimum atomic E-state index is -0.442. The average molecular weight is 244 g/mol. The zero-order chi connectivity index (χ0) is 13.7. The van der Waals surface area contributed by atoms with Gasteiger partial charge in [-0.3, -0.25) is 4.79 Å². The zero-order valence-corrected chi connectivity index (χ0v) is 12.2. The lowest BCUT2D eigenvalue weighted by atomic mass is 9.85. The molecule has 17 heavy (non-hydrogen) atoms. The van der Waals surface area contributed by atoms with E-state index in [0.29, 0.717) is 0 Å². The van der Waals surface area contributed by atoms with Crippen LogP contribution in [0.2, 0.25) is 0 Å². The molecule has 3 heteroatoms. The van der Waals surface area contributed by atoms with Gasteiger partial charge in [-0.15, -0.1) is 0 Å². The predicted molar refractivity (Wildman–Crippen MR) is 69.6 cm³/mol. The molecule has 0 aliphatic carbocycles. The molecule has 0 aromatic rings. The van der Waals surface area contributed by atoms with Gasteiger partial charge in [0.05, 0.1) is 12.0 Å². The molecule has 0 spiro atoms. The van der Waals surface area contributed by atoms with E-state index in [4.69, 9.17) is 4.74 Å². The SMILES string of the molecule is CC(C)C(=O)O[C@H](C(C)C)[C@@H](C)[C@H](O)C(C)C. The number of hydrogen-bond donors (Lipinski definition) is 1. The van der Waals surface area contributed by atoms with Crippen molar-refractivity contribution in [2.75, 3.05) is 0 Å². The van der Waals surface area contributed by atoms with Crippen molar-refractivity contribution in [1.29, 1.82) is 0 Å². The molecule has 0 unspecified atom stereocenters. The van der Waals surface area contributed by atoms with Gasteiger partial charge < -0.3 is 9.84 Å². The van der Waals surface area contributed by atoms with E-state index in [2.05, 4.69) is 0 Å². The number of ether oxygens (including phenoxy) is 1. The van der Waals surface area contributed by atoms with Crippen LogP contribution in [0, 0.1) is 23.7 Å². The third kappa shape index (κ3) is 5.07. The van der Waals surface area contributed by atoms with Gasteiger partial charge >= 0.3 is 5.97 Å². The molecule has 0 amide bonds. The van der Waals surface area contributed by atoms with E-state index in [9.17, 15) is 9.90 Å². The van der Waals surface area contributed by atoms with Crippen molar-refractivity contribution in [2.24, 2.45) is 23.7 Å². The van der Waals surface area contributed by atoms with Crippen LogP contribution in [0.1, 0.15) is 48.5 Å². The summed E-state index contributed by atoms with van der Waals surface area (Å²) < 4.78 is 5.51. The van der Waals surface area contributed by atoms with Crippen LogP contribution in [0.3, 0.4) is 0 Å². The predicted octanol–water partition coefficient (Wildman–Crippen LogP) is 2.86. The average Bonchev–Trinajstić information content (AvgIpc) is 2.22. The molecule has 0 saturated carbocycles. The Morgan fingerprint density at radius 2 is 1.41 bits per heavy atom. The molecule has 0 radical (unpaired) electrons. The number of aliphatic hydroxyl groups excluding tert-OH is 1. The molecule has 0 aliphatic heterocycles. The lowest BCUT2D eigenvalue weighted by Gasteiger charge is -2.32. The molecule has 0 aliphatic rings. The van der Waals surface area contributed by atoms with E-state index in [0.717, 1.165) is 0 Å². The molecule has 0 aromatic heterocycles. The third-order valence-electron chi connectivity index (χ3n) is 3.12. The van der Waals surface area contributed by atoms with Gasteiger partial charge in [0.1, 0.15) is 6.10 Å². The van der Waals surface area contributed by atoms with Crippen LogP contribution in [0.5, 0.6) is 0 Å². The van der Waals surface area contributed by atoms with Crippen molar-refractivity contribution in [3.63, 3.8) is 0 Å². The van der Waals surface area contributed by atoms with Gasteiger partial charge in [-0.2, -0.15) is 0 Å². The molecular weight excluding hydrogens is 216 g/mol. The number of aliphatic hydroxyl groups is 1. The van der Waals surface area contributed by atoms with E-state index < -0.39 is 6.10 Å². The summed E-state index contributed by atoms with van der Waals surface area (Å²) in [6.07, 6.45) is -0.662. The molecule has 0 aromatic carbocycles. The van der Waals surface area contributed by atoms with E-state index in [1.807, 2.05) is 48.5 Å². The molecule has 0 bridgehead atoms. The van der Waals surface area contributed by atoms with Crippen LogP contribution in [-0.2, 0) is 9.53 Å². The molecule has 0 fully saturated rings. The monoisotopic (exact) mass is 244 g/mol. The van der Waals surface area contributed by atoms with Crippen LogP contribution in [0.25, 0.3) is 0 Å². The van der Waals surface area contributed by atoms with Crippen LogP contribution >= 0.6 is 0 Å². The quantitative estimate of drug-likeness (QED) is 0.731. The number of hydrogen-bond acceptors (Lipinski definition) is 3. The zero-order valence-electron chi connectivity index (χ0n) is 12.2. The fourth-order valence-electron chi connectivity index (χ4n) is 1.92. The number of carbonyl (C=O) groups is 1. The molecule has 0 heterocycles. The second kappa shape index (κ2) is 7.00. The van der Waals surface area contributed by atoms with Crippen molar-refractivity contribution in [1.82, 2.24) is 0 Å². The second-order valence-corrected chi connectivity index (χ2v) is 5.89. The molecular formula is C14H28O3. The highest BCUT2D eigenvalue weighted by atomic mass is 16.5. The minimum Gasteiger partial charge on any atom is -0.462 e. The Hall–Kier alpha value is -0.570. The summed E-state index contributed by atoms with van der Waals surface area (Å²) >= 11 is 0. The van der Waals surface area contributed by atoms with Crippen molar-refractivity contribution in [3.8, 4) is 0 Å². The molecule has 1 N–H and O–H groups in total. The summed E-state index contributed by atoms with van der Waals surface area (Å²) in [5, 5.41) is 10.1. The summed E-state index contributed by atoms with van der Waals surface area (Å²) in [7, 11) is 0. The largest absolute Gasteiger partial charge is 0.462 e. The van der Waals surface area contributed by atoms with Crippen LogP contribution in [0.4, 0.5) is 0 Å². The van der Waals surface area contributed by atoms with Gasteiger partial charge in [-0.1, -0.05) is 48.5 Å². The van der Waals surface area contributed by atoms with E-state index in [-0.39, 0.29) is 35.7 Å². The Morgan fingerprint density at radius 3 is 1.71 bits per heavy atom. The van der Waals surface area contributed by atoms with Crippen LogP contribution in [0.15, 0.2) is 0 Å². The molecule has 3 atom stereocenters. The van der Waals surface area contributed by atoms with Crippen molar-refractivity contribution in [3.05, 3.63) is 0 Å². The molecule has 3 nitrogen and oxygen atoms in total. The molecule has 0 saturated heterocycles. The van der Waals surface area contributed by atoms with E-state index in [1.165, 1.54) is 0 Å². The first-order valence-electron chi connectivity index (χ1n) is 6.57. The standard InChI is InChI=1S/C14H28O3/c1-8(2)12(15)11(7)13(9(3)4)17-14(16)10(5)6/h8-13,15H,1-7H3/t11-,12+,13+/m0/s1.